The van der Waals surface area contributed by atoms with Crippen molar-refractivity contribution in [3.8, 4) is 0 Å². The lowest BCUT2D eigenvalue weighted by atomic mass is 9.94. The lowest BCUT2D eigenvalue weighted by Gasteiger charge is -2.36. The minimum Gasteiger partial charge on any atom is -0.317 e. The Labute approximate surface area is 134 Å². The van der Waals surface area contributed by atoms with E-state index in [-0.39, 0.29) is 0 Å². The summed E-state index contributed by atoms with van der Waals surface area (Å²) in [4.78, 5) is 2.89. The number of hydrogen-bond donors (Lipinski definition) is 1. The van der Waals surface area contributed by atoms with Crippen molar-refractivity contribution in [2.45, 2.75) is 37.6 Å². The lowest BCUT2D eigenvalue weighted by molar-refractivity contribution is 0.140. The van der Waals surface area contributed by atoms with Gasteiger partial charge in [0, 0.05) is 12.3 Å². The summed E-state index contributed by atoms with van der Waals surface area (Å²) in [5.74, 6) is 0.788. The van der Waals surface area contributed by atoms with Gasteiger partial charge in [0.1, 0.15) is 0 Å². The van der Waals surface area contributed by atoms with Gasteiger partial charge < -0.3 is 5.32 Å². The van der Waals surface area contributed by atoms with Crippen molar-refractivity contribution in [2.75, 3.05) is 32.4 Å². The molecule has 0 amide bonds. The molecule has 1 aliphatic rings. The molecule has 0 radical (unpaired) electrons. The number of benzene rings is 1. The largest absolute Gasteiger partial charge is 0.317 e. The number of hydrogen-bond acceptors (Lipinski definition) is 4. The van der Waals surface area contributed by atoms with E-state index < -0.39 is 9.84 Å². The lowest BCUT2D eigenvalue weighted by Crippen LogP contribution is -2.38. The molecule has 0 spiro atoms. The Morgan fingerprint density at radius 1 is 1.23 bits per heavy atom. The fourth-order valence-electron chi connectivity index (χ4n) is 3.10. The van der Waals surface area contributed by atoms with E-state index in [4.69, 9.17) is 0 Å². The van der Waals surface area contributed by atoms with E-state index in [9.17, 15) is 8.42 Å². The summed E-state index contributed by atoms with van der Waals surface area (Å²) in [6.45, 7) is 8.76. The molecule has 0 aliphatic carbocycles. The molecule has 1 N–H and O–H groups in total. The maximum atomic E-state index is 11.5. The highest BCUT2D eigenvalue weighted by Gasteiger charge is 2.23. The maximum Gasteiger partial charge on any atom is 0.175 e. The number of nitrogens with one attached hydrogen (secondary N) is 1. The van der Waals surface area contributed by atoms with E-state index in [2.05, 4.69) is 24.1 Å². The second kappa shape index (κ2) is 7.57. The zero-order valence-corrected chi connectivity index (χ0v) is 14.7. The minimum absolute atomic E-state index is 0.341. The quantitative estimate of drug-likeness (QED) is 0.873. The first kappa shape index (κ1) is 17.4. The van der Waals surface area contributed by atoms with Gasteiger partial charge in [0.15, 0.2) is 9.84 Å². The van der Waals surface area contributed by atoms with Crippen molar-refractivity contribution in [1.29, 1.82) is 0 Å². The second-order valence-corrected chi connectivity index (χ2v) is 8.32. The standard InChI is InChI=1S/C17H28N2O2S/c1-4-18-13-15-9-11-19(12-10-15)14(2)16-5-7-17(8-6-16)22(3,20)21/h5-8,14-15,18H,4,9-13H2,1-3H3. The van der Waals surface area contributed by atoms with Gasteiger partial charge in [-0.3, -0.25) is 4.90 Å². The van der Waals surface area contributed by atoms with Gasteiger partial charge in [-0.05, 0) is 69.6 Å². The van der Waals surface area contributed by atoms with Crippen molar-refractivity contribution in [1.82, 2.24) is 10.2 Å². The van der Waals surface area contributed by atoms with Gasteiger partial charge in [-0.15, -0.1) is 0 Å². The first-order valence-corrected chi connectivity index (χ1v) is 10.1. The van der Waals surface area contributed by atoms with Gasteiger partial charge in [-0.1, -0.05) is 19.1 Å². The Morgan fingerprint density at radius 2 is 1.82 bits per heavy atom. The van der Waals surface area contributed by atoms with Crippen LogP contribution in [0.15, 0.2) is 29.2 Å². The van der Waals surface area contributed by atoms with Gasteiger partial charge in [0.2, 0.25) is 0 Å². The summed E-state index contributed by atoms with van der Waals surface area (Å²) < 4.78 is 23.0. The molecular weight excluding hydrogens is 296 g/mol. The van der Waals surface area contributed by atoms with Crippen LogP contribution in [-0.2, 0) is 9.84 Å². The molecule has 5 heteroatoms. The molecule has 1 aromatic rings. The van der Waals surface area contributed by atoms with Gasteiger partial charge >= 0.3 is 0 Å². The number of piperidine rings is 1. The normalized spacial score (nSPS) is 19.2. The van der Waals surface area contributed by atoms with E-state index in [0.29, 0.717) is 10.9 Å². The van der Waals surface area contributed by atoms with E-state index >= 15 is 0 Å². The predicted molar refractivity (Wildman–Crippen MR) is 90.8 cm³/mol. The van der Waals surface area contributed by atoms with Crippen LogP contribution in [0.1, 0.15) is 38.3 Å². The third kappa shape index (κ3) is 4.54. The average molecular weight is 324 g/mol. The van der Waals surface area contributed by atoms with Crippen molar-refractivity contribution in [3.05, 3.63) is 29.8 Å². The molecule has 2 rings (SSSR count). The van der Waals surface area contributed by atoms with Crippen LogP contribution in [0.25, 0.3) is 0 Å². The Balaban J connectivity index is 1.94. The van der Waals surface area contributed by atoms with Gasteiger partial charge in [-0.2, -0.15) is 0 Å². The number of sulfone groups is 1. The topological polar surface area (TPSA) is 49.4 Å². The highest BCUT2D eigenvalue weighted by Crippen LogP contribution is 2.27. The van der Waals surface area contributed by atoms with E-state index in [0.717, 1.165) is 32.1 Å². The van der Waals surface area contributed by atoms with Crippen LogP contribution < -0.4 is 5.32 Å². The molecule has 1 aromatic carbocycles. The van der Waals surface area contributed by atoms with Crippen LogP contribution in [0.4, 0.5) is 0 Å². The van der Waals surface area contributed by atoms with Crippen molar-refractivity contribution in [3.63, 3.8) is 0 Å². The van der Waals surface area contributed by atoms with Crippen LogP contribution in [0, 0.1) is 5.92 Å². The Morgan fingerprint density at radius 3 is 2.32 bits per heavy atom. The third-order valence-electron chi connectivity index (χ3n) is 4.67. The molecule has 0 saturated carbocycles. The molecule has 4 nitrogen and oxygen atoms in total. The molecule has 1 fully saturated rings. The predicted octanol–water partition coefficient (Wildman–Crippen LogP) is 2.47. The molecule has 124 valence electrons. The number of rotatable bonds is 6. The van der Waals surface area contributed by atoms with Crippen LogP contribution >= 0.6 is 0 Å². The minimum atomic E-state index is -3.11. The summed E-state index contributed by atoms with van der Waals surface area (Å²) in [5, 5.41) is 3.44. The highest BCUT2D eigenvalue weighted by molar-refractivity contribution is 7.90. The van der Waals surface area contributed by atoms with Crippen molar-refractivity contribution >= 4 is 9.84 Å². The fraction of sp³-hybridized carbons (Fsp3) is 0.647. The van der Waals surface area contributed by atoms with Crippen LogP contribution in [-0.4, -0.2) is 45.8 Å². The molecule has 1 atom stereocenters. The Hall–Kier alpha value is -0.910. The molecule has 0 bridgehead atoms. The van der Waals surface area contributed by atoms with Crippen molar-refractivity contribution in [2.24, 2.45) is 5.92 Å². The first-order chi connectivity index (χ1) is 10.4. The third-order valence-corrected chi connectivity index (χ3v) is 5.80. The summed E-state index contributed by atoms with van der Waals surface area (Å²) in [5.41, 5.74) is 1.19. The van der Waals surface area contributed by atoms with Crippen LogP contribution in [0.3, 0.4) is 0 Å². The van der Waals surface area contributed by atoms with Crippen molar-refractivity contribution < 1.29 is 8.42 Å². The molecule has 1 unspecified atom stereocenters. The molecule has 1 heterocycles. The van der Waals surface area contributed by atoms with Crippen LogP contribution in [0.2, 0.25) is 0 Å². The monoisotopic (exact) mass is 324 g/mol. The summed E-state index contributed by atoms with van der Waals surface area (Å²) >= 11 is 0. The number of nitrogens with zero attached hydrogens (tertiary/aromatic N) is 1. The second-order valence-electron chi connectivity index (χ2n) is 6.30. The molecule has 1 saturated heterocycles. The Kier molecular flexibility index (Phi) is 6.01. The number of likely N-dealkylation sites (tertiary alicyclic amines) is 1. The van der Waals surface area contributed by atoms with Gasteiger partial charge in [0.05, 0.1) is 4.90 Å². The maximum absolute atomic E-state index is 11.5. The fourth-order valence-corrected chi connectivity index (χ4v) is 3.73. The van der Waals surface area contributed by atoms with E-state index in [1.54, 1.807) is 12.1 Å². The molecular formula is C17H28N2O2S. The van der Waals surface area contributed by atoms with E-state index in [1.807, 2.05) is 12.1 Å². The van der Waals surface area contributed by atoms with Gasteiger partial charge in [0.25, 0.3) is 0 Å². The van der Waals surface area contributed by atoms with Crippen LogP contribution in [0.5, 0.6) is 0 Å². The summed E-state index contributed by atoms with van der Waals surface area (Å²) in [6.07, 6.45) is 3.72. The first-order valence-electron chi connectivity index (χ1n) is 8.16. The SMILES string of the molecule is CCNCC1CCN(C(C)c2ccc(S(C)(=O)=O)cc2)CC1. The summed E-state index contributed by atoms with van der Waals surface area (Å²) in [6, 6.07) is 7.68. The molecule has 1 aliphatic heterocycles. The van der Waals surface area contributed by atoms with E-state index in [1.165, 1.54) is 24.7 Å². The Bertz CT molecular complexity index is 561. The molecule has 22 heavy (non-hydrogen) atoms. The zero-order chi connectivity index (χ0) is 16.2. The zero-order valence-electron chi connectivity index (χ0n) is 13.9. The smallest absolute Gasteiger partial charge is 0.175 e. The summed E-state index contributed by atoms with van der Waals surface area (Å²) in [7, 11) is -3.11. The molecule has 0 aromatic heterocycles. The highest BCUT2D eigenvalue weighted by atomic mass is 32.2. The van der Waals surface area contributed by atoms with Gasteiger partial charge in [-0.25, -0.2) is 8.42 Å². The average Bonchev–Trinajstić information content (AvgIpc) is 2.52.